The minimum atomic E-state index is 0.0590. The number of aromatic nitrogens is 3. The van der Waals surface area contributed by atoms with E-state index in [9.17, 15) is 4.79 Å². The number of amides is 1. The lowest BCUT2D eigenvalue weighted by Crippen LogP contribution is -2.27. The highest BCUT2D eigenvalue weighted by atomic mass is 32.1. The number of hydrogen-bond acceptors (Lipinski definition) is 4. The second-order valence-corrected chi connectivity index (χ2v) is 6.91. The van der Waals surface area contributed by atoms with Gasteiger partial charge in [0, 0.05) is 19.0 Å². The molecule has 2 aromatic rings. The van der Waals surface area contributed by atoms with Crippen LogP contribution in [0.3, 0.4) is 0 Å². The Morgan fingerprint density at radius 2 is 2.23 bits per heavy atom. The maximum atomic E-state index is 12.4. The van der Waals surface area contributed by atoms with Gasteiger partial charge in [-0.1, -0.05) is 0 Å². The van der Waals surface area contributed by atoms with Gasteiger partial charge in [0.15, 0.2) is 0 Å². The highest BCUT2D eigenvalue weighted by Crippen LogP contribution is 2.29. The lowest BCUT2D eigenvalue weighted by Gasteiger charge is -2.13. The summed E-state index contributed by atoms with van der Waals surface area (Å²) in [6.07, 6.45) is 7.06. The quantitative estimate of drug-likeness (QED) is 0.922. The van der Waals surface area contributed by atoms with E-state index >= 15 is 0 Å². The van der Waals surface area contributed by atoms with Crippen LogP contribution in [-0.4, -0.2) is 27.2 Å². The van der Waals surface area contributed by atoms with Crippen LogP contribution in [0.15, 0.2) is 11.7 Å². The molecule has 0 unspecified atom stereocenters. The van der Waals surface area contributed by atoms with Crippen LogP contribution in [0.5, 0.6) is 0 Å². The molecule has 2 heterocycles. The number of carbonyl (C=O) groups excluding carboxylic acids is 1. The SMILES string of the molecule is CC(C)n1cnnc1CCNC(=O)c1scc2c1CCCC2. The van der Waals surface area contributed by atoms with Gasteiger partial charge in [-0.05, 0) is 56.0 Å². The normalized spacial score (nSPS) is 14.1. The summed E-state index contributed by atoms with van der Waals surface area (Å²) in [4.78, 5) is 13.3. The summed E-state index contributed by atoms with van der Waals surface area (Å²) < 4.78 is 2.04. The van der Waals surface area contributed by atoms with Crippen molar-refractivity contribution in [1.82, 2.24) is 20.1 Å². The van der Waals surface area contributed by atoms with Crippen LogP contribution in [0.1, 0.15) is 59.4 Å². The van der Waals surface area contributed by atoms with Gasteiger partial charge in [0.1, 0.15) is 12.2 Å². The van der Waals surface area contributed by atoms with Gasteiger partial charge in [-0.2, -0.15) is 0 Å². The third kappa shape index (κ3) is 3.06. The summed E-state index contributed by atoms with van der Waals surface area (Å²) >= 11 is 1.58. The van der Waals surface area contributed by atoms with Gasteiger partial charge < -0.3 is 9.88 Å². The zero-order valence-corrected chi connectivity index (χ0v) is 13.9. The van der Waals surface area contributed by atoms with Crippen LogP contribution < -0.4 is 5.32 Å². The molecular weight excluding hydrogens is 296 g/mol. The minimum Gasteiger partial charge on any atom is -0.351 e. The first-order valence-corrected chi connectivity index (χ1v) is 8.80. The van der Waals surface area contributed by atoms with Crippen LogP contribution >= 0.6 is 11.3 Å². The summed E-state index contributed by atoms with van der Waals surface area (Å²) in [6.45, 7) is 4.80. The maximum Gasteiger partial charge on any atom is 0.261 e. The molecule has 1 aliphatic rings. The van der Waals surface area contributed by atoms with Crippen molar-refractivity contribution in [2.24, 2.45) is 0 Å². The number of nitrogens with one attached hydrogen (secondary N) is 1. The lowest BCUT2D eigenvalue weighted by atomic mass is 9.94. The zero-order chi connectivity index (χ0) is 15.5. The van der Waals surface area contributed by atoms with E-state index in [-0.39, 0.29) is 5.91 Å². The third-order valence-electron chi connectivity index (χ3n) is 4.15. The summed E-state index contributed by atoms with van der Waals surface area (Å²) in [5.41, 5.74) is 2.65. The summed E-state index contributed by atoms with van der Waals surface area (Å²) in [5.74, 6) is 0.979. The fourth-order valence-electron chi connectivity index (χ4n) is 2.95. The Labute approximate surface area is 134 Å². The van der Waals surface area contributed by atoms with E-state index in [1.165, 1.54) is 24.0 Å². The molecule has 6 heteroatoms. The van der Waals surface area contributed by atoms with Crippen molar-refractivity contribution in [3.05, 3.63) is 33.5 Å². The monoisotopic (exact) mass is 318 g/mol. The van der Waals surface area contributed by atoms with Gasteiger partial charge in [0.25, 0.3) is 5.91 Å². The van der Waals surface area contributed by atoms with E-state index in [4.69, 9.17) is 0 Å². The van der Waals surface area contributed by atoms with Gasteiger partial charge in [0.2, 0.25) is 0 Å². The second-order valence-electron chi connectivity index (χ2n) is 6.03. The number of thiophene rings is 1. The third-order valence-corrected chi connectivity index (χ3v) is 5.22. The Morgan fingerprint density at radius 1 is 1.41 bits per heavy atom. The number of rotatable bonds is 5. The molecule has 0 aromatic carbocycles. The van der Waals surface area contributed by atoms with E-state index in [0.717, 1.165) is 23.5 Å². The molecule has 3 rings (SSSR count). The maximum absolute atomic E-state index is 12.4. The van der Waals surface area contributed by atoms with E-state index < -0.39 is 0 Å². The van der Waals surface area contributed by atoms with Crippen LogP contribution in [0.4, 0.5) is 0 Å². The first-order chi connectivity index (χ1) is 10.7. The summed E-state index contributed by atoms with van der Waals surface area (Å²) in [5, 5.41) is 13.3. The average Bonchev–Trinajstić information content (AvgIpc) is 3.13. The van der Waals surface area contributed by atoms with Gasteiger partial charge in [-0.25, -0.2) is 0 Å². The largest absolute Gasteiger partial charge is 0.351 e. The van der Waals surface area contributed by atoms with Crippen LogP contribution in [0.2, 0.25) is 0 Å². The molecule has 1 N–H and O–H groups in total. The molecule has 0 fully saturated rings. The first-order valence-electron chi connectivity index (χ1n) is 7.92. The Morgan fingerprint density at radius 3 is 3.05 bits per heavy atom. The topological polar surface area (TPSA) is 59.8 Å². The Kier molecular flexibility index (Phi) is 4.57. The van der Waals surface area contributed by atoms with Crippen molar-refractivity contribution < 1.29 is 4.79 Å². The number of fused-ring (bicyclic) bond motifs is 1. The highest BCUT2D eigenvalue weighted by Gasteiger charge is 2.20. The molecule has 22 heavy (non-hydrogen) atoms. The van der Waals surface area contributed by atoms with E-state index in [0.29, 0.717) is 19.0 Å². The van der Waals surface area contributed by atoms with Crippen molar-refractivity contribution in [2.75, 3.05) is 6.54 Å². The highest BCUT2D eigenvalue weighted by molar-refractivity contribution is 7.12. The Hall–Kier alpha value is -1.69. The van der Waals surface area contributed by atoms with Gasteiger partial charge in [0.05, 0.1) is 4.88 Å². The second kappa shape index (κ2) is 6.60. The molecule has 0 aliphatic heterocycles. The molecule has 1 amide bonds. The molecule has 0 bridgehead atoms. The van der Waals surface area contributed by atoms with E-state index in [1.54, 1.807) is 17.7 Å². The molecule has 2 aromatic heterocycles. The standard InChI is InChI=1S/C16H22N4OS/c1-11(2)20-10-18-19-14(20)7-8-17-16(21)15-13-6-4-3-5-12(13)9-22-15/h9-11H,3-8H2,1-2H3,(H,17,21). The predicted octanol–water partition coefficient (Wildman–Crippen LogP) is 2.77. The summed E-state index contributed by atoms with van der Waals surface area (Å²) in [6, 6.07) is 0.338. The van der Waals surface area contributed by atoms with Gasteiger partial charge in [-0.15, -0.1) is 21.5 Å². The molecule has 118 valence electrons. The van der Waals surface area contributed by atoms with E-state index in [1.807, 2.05) is 4.57 Å². The molecule has 1 aliphatic carbocycles. The molecule has 5 nitrogen and oxygen atoms in total. The smallest absolute Gasteiger partial charge is 0.261 e. The first kappa shape index (κ1) is 15.2. The molecule has 0 saturated heterocycles. The molecule has 0 atom stereocenters. The van der Waals surface area contributed by atoms with Crippen molar-refractivity contribution in [1.29, 1.82) is 0 Å². The summed E-state index contributed by atoms with van der Waals surface area (Å²) in [7, 11) is 0. The Balaban J connectivity index is 1.59. The number of nitrogens with zero attached hydrogens (tertiary/aromatic N) is 3. The van der Waals surface area contributed by atoms with Crippen molar-refractivity contribution in [3.8, 4) is 0 Å². The van der Waals surface area contributed by atoms with Gasteiger partial charge in [-0.3, -0.25) is 4.79 Å². The molecule has 0 spiro atoms. The van der Waals surface area contributed by atoms with Crippen LogP contribution in [0, 0.1) is 0 Å². The number of carbonyl (C=O) groups is 1. The average molecular weight is 318 g/mol. The van der Waals surface area contributed by atoms with Crippen molar-refractivity contribution >= 4 is 17.2 Å². The fourth-order valence-corrected chi connectivity index (χ4v) is 4.03. The van der Waals surface area contributed by atoms with Crippen molar-refractivity contribution in [3.63, 3.8) is 0 Å². The molecule has 0 saturated carbocycles. The molecular formula is C16H22N4OS. The van der Waals surface area contributed by atoms with Gasteiger partial charge >= 0.3 is 0 Å². The van der Waals surface area contributed by atoms with Crippen LogP contribution in [-0.2, 0) is 19.3 Å². The lowest BCUT2D eigenvalue weighted by molar-refractivity contribution is 0.0957. The zero-order valence-electron chi connectivity index (χ0n) is 13.1. The predicted molar refractivity (Wildman–Crippen MR) is 87.4 cm³/mol. The molecule has 0 radical (unpaired) electrons. The van der Waals surface area contributed by atoms with Crippen LogP contribution in [0.25, 0.3) is 0 Å². The fraction of sp³-hybridized carbons (Fsp3) is 0.562. The number of aryl methyl sites for hydroxylation is 1. The minimum absolute atomic E-state index is 0.0590. The number of hydrogen-bond donors (Lipinski definition) is 1. The van der Waals surface area contributed by atoms with E-state index in [2.05, 4.69) is 34.7 Å². The van der Waals surface area contributed by atoms with Crippen molar-refractivity contribution in [2.45, 2.75) is 52.0 Å². The Bertz CT molecular complexity index is 659.